The number of nitrogens with two attached hydrogens (primary N) is 1. The Labute approximate surface area is 125 Å². The van der Waals surface area contributed by atoms with E-state index in [-0.39, 0.29) is 16.9 Å². The van der Waals surface area contributed by atoms with Crippen molar-refractivity contribution in [1.29, 1.82) is 0 Å². The van der Waals surface area contributed by atoms with Crippen LogP contribution in [0.5, 0.6) is 0 Å². The van der Waals surface area contributed by atoms with Gasteiger partial charge in [0.25, 0.3) is 0 Å². The molecule has 2 N–H and O–H groups in total. The highest BCUT2D eigenvalue weighted by atomic mass is 79.9. The molecule has 0 aromatic heterocycles. The summed E-state index contributed by atoms with van der Waals surface area (Å²) in [5, 5.41) is 0.154. The molecule has 0 aliphatic heterocycles. The van der Waals surface area contributed by atoms with Gasteiger partial charge in [0.05, 0.1) is 5.02 Å². The Morgan fingerprint density at radius 2 is 1.89 bits per heavy atom. The summed E-state index contributed by atoms with van der Waals surface area (Å²) in [6, 6.07) is 3.39. The van der Waals surface area contributed by atoms with Gasteiger partial charge in [-0.1, -0.05) is 17.7 Å². The first kappa shape index (κ1) is 12.6. The van der Waals surface area contributed by atoms with E-state index < -0.39 is 0 Å². The molecule has 0 radical (unpaired) electrons. The molecule has 1 nitrogen and oxygen atoms in total. The molecule has 0 heterocycles. The molecule has 0 saturated heterocycles. The lowest BCUT2D eigenvalue weighted by molar-refractivity contribution is 0.410. The second kappa shape index (κ2) is 4.19. The molecule has 3 saturated carbocycles. The van der Waals surface area contributed by atoms with Gasteiger partial charge >= 0.3 is 0 Å². The zero-order valence-corrected chi connectivity index (χ0v) is 12.8. The average molecular weight is 345 g/mol. The van der Waals surface area contributed by atoms with Crippen LogP contribution in [-0.2, 0) is 0 Å². The van der Waals surface area contributed by atoms with E-state index in [0.29, 0.717) is 16.0 Å². The lowest BCUT2D eigenvalue weighted by atomic mass is 9.93. The number of hydrogen-bond acceptors (Lipinski definition) is 1. The summed E-state index contributed by atoms with van der Waals surface area (Å²) in [6.07, 6.45) is 4.11. The van der Waals surface area contributed by atoms with Crippen molar-refractivity contribution in [1.82, 2.24) is 0 Å². The van der Waals surface area contributed by atoms with E-state index in [4.69, 9.17) is 17.3 Å². The standard InChI is InChI=1S/C15H16BrClFN/c16-9-4-3-8(14(18)13(9)17)15(19)12-10-6-1-2-7(5-6)11(10)12/h3-4,6-7,10-12,15H,1-2,5,19H2. The quantitative estimate of drug-likeness (QED) is 0.784. The third-order valence-electron chi connectivity index (χ3n) is 5.63. The molecule has 4 heteroatoms. The van der Waals surface area contributed by atoms with Gasteiger partial charge in [-0.05, 0) is 70.8 Å². The van der Waals surface area contributed by atoms with Gasteiger partial charge in [-0.3, -0.25) is 0 Å². The Morgan fingerprint density at radius 1 is 1.26 bits per heavy atom. The van der Waals surface area contributed by atoms with Crippen molar-refractivity contribution in [3.63, 3.8) is 0 Å². The van der Waals surface area contributed by atoms with Crippen LogP contribution in [0.2, 0.25) is 5.02 Å². The summed E-state index contributed by atoms with van der Waals surface area (Å²) in [4.78, 5) is 0. The van der Waals surface area contributed by atoms with Crippen LogP contribution in [0.3, 0.4) is 0 Å². The summed E-state index contributed by atoms with van der Waals surface area (Å²) >= 11 is 9.21. The van der Waals surface area contributed by atoms with Crippen molar-refractivity contribution in [2.45, 2.75) is 25.3 Å². The zero-order valence-electron chi connectivity index (χ0n) is 10.5. The minimum absolute atomic E-state index is 0.154. The Morgan fingerprint density at radius 3 is 2.53 bits per heavy atom. The third-order valence-corrected chi connectivity index (χ3v) is 6.89. The van der Waals surface area contributed by atoms with Crippen molar-refractivity contribution in [3.05, 3.63) is 33.0 Å². The van der Waals surface area contributed by atoms with Gasteiger partial charge in [0.2, 0.25) is 0 Å². The molecule has 0 spiro atoms. The van der Waals surface area contributed by atoms with Crippen molar-refractivity contribution in [3.8, 4) is 0 Å². The second-order valence-corrected chi connectivity index (χ2v) is 7.59. The highest BCUT2D eigenvalue weighted by Crippen LogP contribution is 2.71. The van der Waals surface area contributed by atoms with Crippen LogP contribution in [0.1, 0.15) is 30.9 Å². The highest BCUT2D eigenvalue weighted by molar-refractivity contribution is 9.10. The first-order chi connectivity index (χ1) is 9.09. The van der Waals surface area contributed by atoms with Crippen LogP contribution >= 0.6 is 27.5 Å². The van der Waals surface area contributed by atoms with Gasteiger partial charge in [0.1, 0.15) is 5.82 Å². The van der Waals surface area contributed by atoms with Gasteiger partial charge in [-0.15, -0.1) is 0 Å². The lowest BCUT2D eigenvalue weighted by Crippen LogP contribution is -2.19. The minimum atomic E-state index is -0.346. The van der Waals surface area contributed by atoms with Crippen LogP contribution in [0.4, 0.5) is 4.39 Å². The van der Waals surface area contributed by atoms with E-state index >= 15 is 0 Å². The molecule has 5 unspecified atom stereocenters. The number of fused-ring (bicyclic) bond motifs is 5. The molecule has 3 fully saturated rings. The number of hydrogen-bond donors (Lipinski definition) is 1. The van der Waals surface area contributed by atoms with E-state index in [0.717, 1.165) is 23.7 Å². The smallest absolute Gasteiger partial charge is 0.147 e. The molecule has 1 aromatic carbocycles. The molecular formula is C15H16BrClFN. The Hall–Kier alpha value is -0.120. The summed E-state index contributed by atoms with van der Waals surface area (Å²) in [6.45, 7) is 0. The van der Waals surface area contributed by atoms with E-state index in [1.165, 1.54) is 19.3 Å². The predicted octanol–water partition coefficient (Wildman–Crippen LogP) is 4.53. The maximum atomic E-state index is 14.2. The maximum Gasteiger partial charge on any atom is 0.147 e. The van der Waals surface area contributed by atoms with Crippen molar-refractivity contribution in [2.75, 3.05) is 0 Å². The topological polar surface area (TPSA) is 26.0 Å². The number of halogens is 3. The molecule has 4 rings (SSSR count). The lowest BCUT2D eigenvalue weighted by Gasteiger charge is -2.18. The molecule has 5 atom stereocenters. The molecule has 2 bridgehead atoms. The number of benzene rings is 1. The fraction of sp³-hybridized carbons (Fsp3) is 0.600. The molecule has 0 amide bonds. The van der Waals surface area contributed by atoms with E-state index in [1.807, 2.05) is 0 Å². The Kier molecular flexibility index (Phi) is 2.78. The van der Waals surface area contributed by atoms with Crippen LogP contribution in [0.15, 0.2) is 16.6 Å². The van der Waals surface area contributed by atoms with Gasteiger partial charge in [-0.2, -0.15) is 0 Å². The van der Waals surface area contributed by atoms with Gasteiger partial charge in [0, 0.05) is 16.1 Å². The fourth-order valence-corrected chi connectivity index (χ4v) is 5.36. The Bertz CT molecular complexity index is 533. The maximum absolute atomic E-state index is 14.2. The predicted molar refractivity (Wildman–Crippen MR) is 77.3 cm³/mol. The Balaban J connectivity index is 1.63. The summed E-state index contributed by atoms with van der Waals surface area (Å²) in [5.74, 6) is 3.38. The van der Waals surface area contributed by atoms with E-state index in [2.05, 4.69) is 15.9 Å². The van der Waals surface area contributed by atoms with E-state index in [9.17, 15) is 4.39 Å². The molecule has 3 aliphatic rings. The first-order valence-corrected chi connectivity index (χ1v) is 8.15. The summed E-state index contributed by atoms with van der Waals surface area (Å²) in [5.41, 5.74) is 6.94. The normalized spacial score (nSPS) is 40.3. The largest absolute Gasteiger partial charge is 0.324 e. The van der Waals surface area contributed by atoms with Crippen LogP contribution in [0, 0.1) is 35.4 Å². The van der Waals surface area contributed by atoms with Crippen molar-refractivity contribution >= 4 is 27.5 Å². The fourth-order valence-electron chi connectivity index (χ4n) is 4.88. The minimum Gasteiger partial charge on any atom is -0.324 e. The average Bonchev–Trinajstić information content (AvgIpc) is 2.84. The molecule has 1 aromatic rings. The highest BCUT2D eigenvalue weighted by Gasteiger charge is 2.66. The number of rotatable bonds is 2. The van der Waals surface area contributed by atoms with Crippen LogP contribution in [0.25, 0.3) is 0 Å². The zero-order chi connectivity index (χ0) is 13.3. The second-order valence-electron chi connectivity index (χ2n) is 6.36. The summed E-state index contributed by atoms with van der Waals surface area (Å²) in [7, 11) is 0. The third kappa shape index (κ3) is 1.68. The van der Waals surface area contributed by atoms with Gasteiger partial charge < -0.3 is 5.73 Å². The van der Waals surface area contributed by atoms with Gasteiger partial charge in [-0.25, -0.2) is 4.39 Å². The monoisotopic (exact) mass is 343 g/mol. The van der Waals surface area contributed by atoms with Crippen LogP contribution < -0.4 is 5.73 Å². The van der Waals surface area contributed by atoms with E-state index in [1.54, 1.807) is 12.1 Å². The van der Waals surface area contributed by atoms with Crippen LogP contribution in [-0.4, -0.2) is 0 Å². The van der Waals surface area contributed by atoms with Crippen molar-refractivity contribution < 1.29 is 4.39 Å². The molecule has 19 heavy (non-hydrogen) atoms. The molecule has 3 aliphatic carbocycles. The molecule has 102 valence electrons. The molecular weight excluding hydrogens is 329 g/mol. The van der Waals surface area contributed by atoms with Gasteiger partial charge in [0.15, 0.2) is 0 Å². The summed E-state index contributed by atoms with van der Waals surface area (Å²) < 4.78 is 14.8. The first-order valence-electron chi connectivity index (χ1n) is 6.98. The SMILES string of the molecule is NC(c1ccc(Br)c(Cl)c1F)C1C2C3CCC(C3)C21. The van der Waals surface area contributed by atoms with Crippen molar-refractivity contribution in [2.24, 2.45) is 35.3 Å².